The molecule has 0 rings (SSSR count). The predicted octanol–water partition coefficient (Wildman–Crippen LogP) is 2.12. The molecule has 0 radical (unpaired) electrons. The first-order valence-corrected chi connectivity index (χ1v) is 7.70. The molecule has 0 aliphatic heterocycles. The van der Waals surface area contributed by atoms with E-state index in [2.05, 4.69) is 38.0 Å². The van der Waals surface area contributed by atoms with Crippen LogP contribution in [-0.2, 0) is 0 Å². The van der Waals surface area contributed by atoms with Crippen molar-refractivity contribution in [3.63, 3.8) is 0 Å². The Labute approximate surface area is 71.0 Å². The maximum atomic E-state index is 4.50. The van der Waals surface area contributed by atoms with Gasteiger partial charge in [0.2, 0.25) is 0 Å². The third-order valence-corrected chi connectivity index (χ3v) is 7.82. The SMILES string of the molecule is CCC[Si](C)(C)C(S)NC. The van der Waals surface area contributed by atoms with E-state index < -0.39 is 8.07 Å². The van der Waals surface area contributed by atoms with Gasteiger partial charge in [0.25, 0.3) is 0 Å². The fraction of sp³-hybridized carbons (Fsp3) is 1.00. The standard InChI is InChI=1S/C7H19NSSi/c1-5-6-10(3,4)7(9)8-2/h7-9H,5-6H2,1-4H3. The van der Waals surface area contributed by atoms with Crippen molar-refractivity contribution in [2.45, 2.75) is 37.5 Å². The van der Waals surface area contributed by atoms with Gasteiger partial charge in [-0.2, -0.15) is 12.6 Å². The molecular weight excluding hydrogens is 158 g/mol. The van der Waals surface area contributed by atoms with Crippen molar-refractivity contribution in [3.05, 3.63) is 0 Å². The second-order valence-electron chi connectivity index (χ2n) is 3.43. The number of nitrogens with one attached hydrogen (secondary N) is 1. The van der Waals surface area contributed by atoms with Gasteiger partial charge in [-0.25, -0.2) is 0 Å². The lowest BCUT2D eigenvalue weighted by Crippen LogP contribution is -2.45. The molecule has 0 aliphatic carbocycles. The number of hydrogen-bond donors (Lipinski definition) is 2. The first kappa shape index (κ1) is 10.5. The van der Waals surface area contributed by atoms with Gasteiger partial charge in [0.15, 0.2) is 0 Å². The zero-order chi connectivity index (χ0) is 8.20. The number of rotatable bonds is 4. The van der Waals surface area contributed by atoms with Crippen molar-refractivity contribution in [3.8, 4) is 0 Å². The van der Waals surface area contributed by atoms with Crippen molar-refractivity contribution in [2.24, 2.45) is 0 Å². The smallest absolute Gasteiger partial charge is 0.0789 e. The first-order valence-electron chi connectivity index (χ1n) is 3.90. The van der Waals surface area contributed by atoms with Crippen molar-refractivity contribution >= 4 is 20.7 Å². The van der Waals surface area contributed by atoms with E-state index in [9.17, 15) is 0 Å². The van der Waals surface area contributed by atoms with Crippen LogP contribution in [0, 0.1) is 0 Å². The molecule has 0 aliphatic rings. The summed E-state index contributed by atoms with van der Waals surface area (Å²) >= 11 is 4.50. The van der Waals surface area contributed by atoms with Gasteiger partial charge in [-0.15, -0.1) is 0 Å². The van der Waals surface area contributed by atoms with Crippen molar-refractivity contribution in [2.75, 3.05) is 7.05 Å². The Balaban J connectivity index is 3.82. The van der Waals surface area contributed by atoms with Crippen LogP contribution in [0.15, 0.2) is 0 Å². The molecule has 0 amide bonds. The van der Waals surface area contributed by atoms with E-state index in [0.29, 0.717) is 5.00 Å². The molecule has 1 nitrogen and oxygen atoms in total. The highest BCUT2D eigenvalue weighted by Crippen LogP contribution is 2.18. The van der Waals surface area contributed by atoms with Crippen molar-refractivity contribution in [1.29, 1.82) is 0 Å². The Morgan fingerprint density at radius 3 is 2.30 bits per heavy atom. The molecule has 0 aromatic heterocycles. The normalized spacial score (nSPS) is 15.3. The van der Waals surface area contributed by atoms with E-state index in [1.807, 2.05) is 7.05 Å². The van der Waals surface area contributed by atoms with Crippen LogP contribution in [0.3, 0.4) is 0 Å². The maximum Gasteiger partial charge on any atom is 0.0789 e. The minimum atomic E-state index is -1.05. The molecule has 3 heteroatoms. The number of thiol groups is 1. The monoisotopic (exact) mass is 177 g/mol. The largest absolute Gasteiger partial charge is 0.311 e. The molecule has 0 spiro atoms. The lowest BCUT2D eigenvalue weighted by Gasteiger charge is -2.27. The lowest BCUT2D eigenvalue weighted by atomic mass is 10.6. The molecule has 0 saturated carbocycles. The number of hydrogen-bond acceptors (Lipinski definition) is 2. The van der Waals surface area contributed by atoms with E-state index in [1.165, 1.54) is 12.5 Å². The van der Waals surface area contributed by atoms with Gasteiger partial charge in [-0.3, -0.25) is 0 Å². The molecular formula is C7H19NSSi. The Bertz CT molecular complexity index is 95.6. The highest BCUT2D eigenvalue weighted by molar-refractivity contribution is 7.83. The van der Waals surface area contributed by atoms with Crippen LogP contribution in [0.4, 0.5) is 0 Å². The van der Waals surface area contributed by atoms with Crippen molar-refractivity contribution < 1.29 is 0 Å². The Hall–Kier alpha value is 0.527. The van der Waals surface area contributed by atoms with E-state index in [-0.39, 0.29) is 0 Å². The summed E-state index contributed by atoms with van der Waals surface area (Å²) in [5.74, 6) is 0. The van der Waals surface area contributed by atoms with Gasteiger partial charge in [0.05, 0.1) is 8.07 Å². The maximum absolute atomic E-state index is 4.50. The minimum absolute atomic E-state index is 0.451. The van der Waals surface area contributed by atoms with E-state index >= 15 is 0 Å². The van der Waals surface area contributed by atoms with Gasteiger partial charge >= 0.3 is 0 Å². The second-order valence-corrected chi connectivity index (χ2v) is 9.49. The summed E-state index contributed by atoms with van der Waals surface area (Å²) in [6, 6.07) is 1.36. The van der Waals surface area contributed by atoms with Crippen LogP contribution < -0.4 is 5.32 Å². The zero-order valence-electron chi connectivity index (χ0n) is 7.44. The Morgan fingerprint density at radius 1 is 1.50 bits per heavy atom. The van der Waals surface area contributed by atoms with Crippen LogP contribution in [0.5, 0.6) is 0 Å². The Kier molecular flexibility index (Phi) is 4.65. The van der Waals surface area contributed by atoms with Crippen LogP contribution in [0.1, 0.15) is 13.3 Å². The summed E-state index contributed by atoms with van der Waals surface area (Å²) in [4.78, 5) is 0.451. The topological polar surface area (TPSA) is 12.0 Å². The minimum Gasteiger partial charge on any atom is -0.311 e. The van der Waals surface area contributed by atoms with Crippen LogP contribution in [-0.4, -0.2) is 20.1 Å². The fourth-order valence-corrected chi connectivity index (χ4v) is 3.90. The highest BCUT2D eigenvalue weighted by atomic mass is 32.1. The van der Waals surface area contributed by atoms with E-state index in [1.54, 1.807) is 0 Å². The average Bonchev–Trinajstić information content (AvgIpc) is 1.86. The van der Waals surface area contributed by atoms with Crippen molar-refractivity contribution in [1.82, 2.24) is 5.32 Å². The zero-order valence-corrected chi connectivity index (χ0v) is 9.33. The summed E-state index contributed by atoms with van der Waals surface area (Å²) in [5, 5.41) is 3.22. The molecule has 62 valence electrons. The van der Waals surface area contributed by atoms with E-state index in [0.717, 1.165) is 0 Å². The van der Waals surface area contributed by atoms with Gasteiger partial charge in [0, 0.05) is 5.00 Å². The van der Waals surface area contributed by atoms with Crippen LogP contribution in [0.25, 0.3) is 0 Å². The average molecular weight is 177 g/mol. The summed E-state index contributed by atoms with van der Waals surface area (Å²) in [5.41, 5.74) is 0. The summed E-state index contributed by atoms with van der Waals surface area (Å²) in [7, 11) is 0.935. The Morgan fingerprint density at radius 2 is 2.00 bits per heavy atom. The molecule has 0 aromatic rings. The molecule has 0 saturated heterocycles. The third kappa shape index (κ3) is 3.08. The molecule has 0 bridgehead atoms. The van der Waals surface area contributed by atoms with Gasteiger partial charge in [-0.05, 0) is 7.05 Å². The third-order valence-electron chi connectivity index (χ3n) is 1.91. The van der Waals surface area contributed by atoms with Gasteiger partial charge in [-0.1, -0.05) is 32.5 Å². The highest BCUT2D eigenvalue weighted by Gasteiger charge is 2.26. The molecule has 0 fully saturated rings. The summed E-state index contributed by atoms with van der Waals surface area (Å²) in [6.07, 6.45) is 1.29. The molecule has 0 aromatic carbocycles. The van der Waals surface area contributed by atoms with Gasteiger partial charge < -0.3 is 5.32 Å². The van der Waals surface area contributed by atoms with Gasteiger partial charge in [0.1, 0.15) is 0 Å². The molecule has 0 heterocycles. The predicted molar refractivity (Wildman–Crippen MR) is 54.4 cm³/mol. The molecule has 1 atom stereocenters. The molecule has 1 N–H and O–H groups in total. The summed E-state index contributed by atoms with van der Waals surface area (Å²) < 4.78 is 0. The van der Waals surface area contributed by atoms with E-state index in [4.69, 9.17) is 0 Å². The quantitative estimate of drug-likeness (QED) is 0.381. The molecule has 1 unspecified atom stereocenters. The first-order chi connectivity index (χ1) is 4.54. The second kappa shape index (κ2) is 4.41. The van der Waals surface area contributed by atoms with Crippen LogP contribution in [0.2, 0.25) is 19.1 Å². The lowest BCUT2D eigenvalue weighted by molar-refractivity contribution is 0.879. The summed E-state index contributed by atoms with van der Waals surface area (Å²) in [6.45, 7) is 7.00. The fourth-order valence-electron chi connectivity index (χ4n) is 1.17. The molecule has 10 heavy (non-hydrogen) atoms. The van der Waals surface area contributed by atoms with Crippen LogP contribution >= 0.6 is 12.6 Å².